The zero-order valence-corrected chi connectivity index (χ0v) is 17.2. The SMILES string of the molecule is CCOc1cc(/C=N\Nc2nc3ccccc3s2)ccc1OCc1ccccc1F. The molecule has 30 heavy (non-hydrogen) atoms. The third-order valence-electron chi connectivity index (χ3n) is 4.28. The van der Waals surface area contributed by atoms with Crippen molar-refractivity contribution in [3.05, 3.63) is 83.7 Å². The maximum atomic E-state index is 13.8. The van der Waals surface area contributed by atoms with E-state index in [-0.39, 0.29) is 12.4 Å². The lowest BCUT2D eigenvalue weighted by molar-refractivity contribution is 0.266. The molecule has 152 valence electrons. The van der Waals surface area contributed by atoms with Gasteiger partial charge in [0.05, 0.1) is 23.0 Å². The molecule has 1 aromatic heterocycles. The van der Waals surface area contributed by atoms with Crippen LogP contribution >= 0.6 is 11.3 Å². The van der Waals surface area contributed by atoms with Gasteiger partial charge in [0, 0.05) is 5.56 Å². The minimum Gasteiger partial charge on any atom is -0.490 e. The zero-order chi connectivity index (χ0) is 20.8. The first-order valence-electron chi connectivity index (χ1n) is 9.50. The Balaban J connectivity index is 1.45. The molecule has 0 saturated carbocycles. The molecule has 1 N–H and O–H groups in total. The minimum atomic E-state index is -0.292. The second-order valence-electron chi connectivity index (χ2n) is 6.38. The number of thiazole rings is 1. The molecule has 3 aromatic carbocycles. The molecular formula is C23H20FN3O2S. The van der Waals surface area contributed by atoms with Crippen LogP contribution in [0.15, 0.2) is 71.8 Å². The number of nitrogens with one attached hydrogen (secondary N) is 1. The highest BCUT2D eigenvalue weighted by Gasteiger charge is 2.08. The number of fused-ring (bicyclic) bond motifs is 1. The first-order chi connectivity index (χ1) is 14.7. The number of ether oxygens (including phenoxy) is 2. The molecule has 7 heteroatoms. The van der Waals surface area contributed by atoms with Gasteiger partial charge in [0.15, 0.2) is 11.5 Å². The Morgan fingerprint density at radius 2 is 1.87 bits per heavy atom. The fourth-order valence-electron chi connectivity index (χ4n) is 2.85. The van der Waals surface area contributed by atoms with Crippen molar-refractivity contribution in [1.82, 2.24) is 4.98 Å². The van der Waals surface area contributed by atoms with Crippen LogP contribution in [0, 0.1) is 5.82 Å². The molecule has 0 saturated heterocycles. The molecule has 0 aliphatic rings. The fourth-order valence-corrected chi connectivity index (χ4v) is 3.66. The lowest BCUT2D eigenvalue weighted by Gasteiger charge is -2.13. The molecule has 0 atom stereocenters. The summed E-state index contributed by atoms with van der Waals surface area (Å²) in [7, 11) is 0. The summed E-state index contributed by atoms with van der Waals surface area (Å²) in [4.78, 5) is 4.48. The van der Waals surface area contributed by atoms with Gasteiger partial charge in [-0.1, -0.05) is 41.7 Å². The molecule has 1 heterocycles. The van der Waals surface area contributed by atoms with E-state index in [1.165, 1.54) is 6.07 Å². The van der Waals surface area contributed by atoms with Crippen molar-refractivity contribution in [3.8, 4) is 11.5 Å². The molecule has 0 radical (unpaired) electrons. The van der Waals surface area contributed by atoms with E-state index in [2.05, 4.69) is 15.5 Å². The van der Waals surface area contributed by atoms with Crippen molar-refractivity contribution in [2.24, 2.45) is 5.10 Å². The average molecular weight is 421 g/mol. The smallest absolute Gasteiger partial charge is 0.204 e. The van der Waals surface area contributed by atoms with Crippen LogP contribution < -0.4 is 14.9 Å². The number of anilines is 1. The van der Waals surface area contributed by atoms with E-state index < -0.39 is 0 Å². The Kier molecular flexibility index (Phi) is 6.20. The number of rotatable bonds is 8. The summed E-state index contributed by atoms with van der Waals surface area (Å²) in [6.45, 7) is 2.51. The summed E-state index contributed by atoms with van der Waals surface area (Å²) < 4.78 is 26.4. The van der Waals surface area contributed by atoms with Gasteiger partial charge in [-0.25, -0.2) is 9.37 Å². The van der Waals surface area contributed by atoms with Gasteiger partial charge in [0.1, 0.15) is 12.4 Å². The monoisotopic (exact) mass is 421 g/mol. The molecule has 0 fully saturated rings. The number of benzene rings is 3. The van der Waals surface area contributed by atoms with Gasteiger partial charge in [-0.05, 0) is 48.9 Å². The Morgan fingerprint density at radius 3 is 2.70 bits per heavy atom. The predicted octanol–water partition coefficient (Wildman–Crippen LogP) is 5.86. The number of aromatic nitrogens is 1. The van der Waals surface area contributed by atoms with Gasteiger partial charge in [0.25, 0.3) is 0 Å². The topological polar surface area (TPSA) is 55.7 Å². The third kappa shape index (κ3) is 4.75. The van der Waals surface area contributed by atoms with Crippen LogP contribution in [0.3, 0.4) is 0 Å². The molecule has 0 unspecified atom stereocenters. The second-order valence-corrected chi connectivity index (χ2v) is 7.41. The normalized spacial score (nSPS) is 11.1. The van der Waals surface area contributed by atoms with Crippen LogP contribution in [0.4, 0.5) is 9.52 Å². The van der Waals surface area contributed by atoms with Crippen LogP contribution in [0.5, 0.6) is 11.5 Å². The molecular weight excluding hydrogens is 401 g/mol. The Bertz CT molecular complexity index is 1140. The summed E-state index contributed by atoms with van der Waals surface area (Å²) in [5.74, 6) is 0.842. The van der Waals surface area contributed by atoms with Crippen molar-refractivity contribution < 1.29 is 13.9 Å². The molecule has 0 spiro atoms. The first kappa shape index (κ1) is 19.8. The highest BCUT2D eigenvalue weighted by Crippen LogP contribution is 2.29. The third-order valence-corrected chi connectivity index (χ3v) is 5.22. The lowest BCUT2D eigenvalue weighted by Crippen LogP contribution is -2.02. The molecule has 0 aliphatic carbocycles. The number of hydrazone groups is 1. The average Bonchev–Trinajstić information content (AvgIpc) is 3.17. The van der Waals surface area contributed by atoms with Gasteiger partial charge in [-0.15, -0.1) is 0 Å². The van der Waals surface area contributed by atoms with Gasteiger partial charge in [-0.3, -0.25) is 5.43 Å². The van der Waals surface area contributed by atoms with Crippen molar-refractivity contribution in [3.63, 3.8) is 0 Å². The van der Waals surface area contributed by atoms with E-state index in [4.69, 9.17) is 9.47 Å². The van der Waals surface area contributed by atoms with Crippen molar-refractivity contribution in [1.29, 1.82) is 0 Å². The largest absolute Gasteiger partial charge is 0.490 e. The quantitative estimate of drug-likeness (QED) is 0.286. The number of hydrogen-bond donors (Lipinski definition) is 1. The number of nitrogens with zero attached hydrogens (tertiary/aromatic N) is 2. The van der Waals surface area contributed by atoms with Crippen LogP contribution in [-0.4, -0.2) is 17.8 Å². The van der Waals surface area contributed by atoms with Gasteiger partial charge < -0.3 is 9.47 Å². The molecule has 0 amide bonds. The van der Waals surface area contributed by atoms with Gasteiger partial charge >= 0.3 is 0 Å². The summed E-state index contributed by atoms with van der Waals surface area (Å²) in [6.07, 6.45) is 1.69. The lowest BCUT2D eigenvalue weighted by atomic mass is 10.2. The van der Waals surface area contributed by atoms with E-state index in [9.17, 15) is 4.39 Å². The highest BCUT2D eigenvalue weighted by atomic mass is 32.1. The van der Waals surface area contributed by atoms with Crippen LogP contribution in [-0.2, 0) is 6.61 Å². The number of para-hydroxylation sites is 1. The fraction of sp³-hybridized carbons (Fsp3) is 0.130. The maximum Gasteiger partial charge on any atom is 0.204 e. The molecule has 0 bridgehead atoms. The minimum absolute atomic E-state index is 0.124. The van der Waals surface area contributed by atoms with Crippen molar-refractivity contribution in [2.45, 2.75) is 13.5 Å². The number of halogens is 1. The molecule has 0 aliphatic heterocycles. The molecule has 5 nitrogen and oxygen atoms in total. The van der Waals surface area contributed by atoms with E-state index in [1.807, 2.05) is 43.3 Å². The Morgan fingerprint density at radius 1 is 1.03 bits per heavy atom. The van der Waals surface area contributed by atoms with Gasteiger partial charge in [0.2, 0.25) is 5.13 Å². The Labute approximate surface area is 177 Å². The van der Waals surface area contributed by atoms with E-state index in [0.717, 1.165) is 20.9 Å². The zero-order valence-electron chi connectivity index (χ0n) is 16.3. The van der Waals surface area contributed by atoms with E-state index in [1.54, 1.807) is 41.8 Å². The van der Waals surface area contributed by atoms with Crippen LogP contribution in [0.1, 0.15) is 18.1 Å². The Hall–Kier alpha value is -3.45. The standard InChI is InChI=1S/C23H20FN3O2S/c1-2-28-21-13-16(11-12-20(21)29-15-17-7-3-4-8-18(17)24)14-25-27-23-26-19-9-5-6-10-22(19)30-23/h3-14H,2,15H2,1H3,(H,26,27)/b25-14-. The van der Waals surface area contributed by atoms with Crippen molar-refractivity contribution in [2.75, 3.05) is 12.0 Å². The predicted molar refractivity (Wildman–Crippen MR) is 119 cm³/mol. The van der Waals surface area contributed by atoms with Crippen LogP contribution in [0.2, 0.25) is 0 Å². The first-order valence-corrected chi connectivity index (χ1v) is 10.3. The molecule has 4 aromatic rings. The van der Waals surface area contributed by atoms with E-state index >= 15 is 0 Å². The highest BCUT2D eigenvalue weighted by molar-refractivity contribution is 7.22. The van der Waals surface area contributed by atoms with Crippen LogP contribution in [0.25, 0.3) is 10.2 Å². The second kappa shape index (κ2) is 9.37. The van der Waals surface area contributed by atoms with Crippen molar-refractivity contribution >= 4 is 32.9 Å². The maximum absolute atomic E-state index is 13.8. The van der Waals surface area contributed by atoms with Gasteiger partial charge in [-0.2, -0.15) is 5.10 Å². The summed E-state index contributed by atoms with van der Waals surface area (Å²) in [5, 5.41) is 4.99. The summed E-state index contributed by atoms with van der Waals surface area (Å²) >= 11 is 1.54. The number of hydrogen-bond acceptors (Lipinski definition) is 6. The summed E-state index contributed by atoms with van der Waals surface area (Å²) in [6, 6.07) is 20.0. The van der Waals surface area contributed by atoms with E-state index in [0.29, 0.717) is 23.7 Å². The molecule has 4 rings (SSSR count). The summed E-state index contributed by atoms with van der Waals surface area (Å²) in [5.41, 5.74) is 5.23.